The number of amides is 1. The second-order valence-corrected chi connectivity index (χ2v) is 8.41. The third kappa shape index (κ3) is 4.50. The van der Waals surface area contributed by atoms with Crippen LogP contribution in [0, 0.1) is 6.92 Å². The number of esters is 1. The molecule has 3 aromatic heterocycles. The van der Waals surface area contributed by atoms with Crippen LogP contribution in [0.15, 0.2) is 41.1 Å². The van der Waals surface area contributed by atoms with Crippen molar-refractivity contribution < 1.29 is 18.7 Å². The number of aromatic nitrogens is 2. The van der Waals surface area contributed by atoms with E-state index in [0.29, 0.717) is 16.8 Å². The summed E-state index contributed by atoms with van der Waals surface area (Å²) in [6.45, 7) is 11.4. The number of nitrogens with zero attached hydrogens (tertiary/aromatic N) is 2. The summed E-state index contributed by atoms with van der Waals surface area (Å²) < 4.78 is 13.2. The highest BCUT2D eigenvalue weighted by atomic mass is 16.5. The van der Waals surface area contributed by atoms with Crippen LogP contribution >= 0.6 is 0 Å². The summed E-state index contributed by atoms with van der Waals surface area (Å²) in [6.07, 6.45) is 2.04. The van der Waals surface area contributed by atoms with Gasteiger partial charge in [-0.25, -0.2) is 4.79 Å². The van der Waals surface area contributed by atoms with Gasteiger partial charge in [0.2, 0.25) is 6.10 Å². The standard InChI is InChI=1S/C22H27N3O4/c1-13(2)25-16-11-14(3)28-18(16)12-17(25)21(27)29-19(15-7-9-23-10-8-15)20(26)24-22(4,5)6/h7-13,19H,1-6H3,(H,24,26). The Kier molecular flexibility index (Phi) is 5.50. The van der Waals surface area contributed by atoms with E-state index in [1.54, 1.807) is 30.6 Å². The molecule has 1 amide bonds. The number of aryl methyl sites for hydroxylation is 1. The van der Waals surface area contributed by atoms with Crippen molar-refractivity contribution in [3.63, 3.8) is 0 Å². The number of carbonyl (C=O) groups is 2. The second-order valence-electron chi connectivity index (χ2n) is 8.41. The first-order chi connectivity index (χ1) is 13.6. The number of pyridine rings is 1. The zero-order chi connectivity index (χ0) is 21.3. The fourth-order valence-corrected chi connectivity index (χ4v) is 3.26. The molecule has 29 heavy (non-hydrogen) atoms. The van der Waals surface area contributed by atoms with E-state index in [0.717, 1.165) is 11.3 Å². The summed E-state index contributed by atoms with van der Waals surface area (Å²) in [4.78, 5) is 30.0. The zero-order valence-electron chi connectivity index (χ0n) is 17.6. The van der Waals surface area contributed by atoms with Crippen LogP contribution in [0.5, 0.6) is 0 Å². The van der Waals surface area contributed by atoms with E-state index in [-0.39, 0.29) is 11.9 Å². The second kappa shape index (κ2) is 7.73. The van der Waals surface area contributed by atoms with E-state index < -0.39 is 17.6 Å². The SMILES string of the molecule is Cc1cc2c(cc(C(=O)OC(C(=O)NC(C)(C)C)c3ccncc3)n2C(C)C)o1. The molecule has 3 heterocycles. The lowest BCUT2D eigenvalue weighted by atomic mass is 10.1. The van der Waals surface area contributed by atoms with Crippen molar-refractivity contribution in [2.45, 2.75) is 59.2 Å². The molecule has 0 aromatic carbocycles. The number of nitrogens with one attached hydrogen (secondary N) is 1. The number of hydrogen-bond acceptors (Lipinski definition) is 5. The Labute approximate surface area is 170 Å². The molecule has 0 aliphatic rings. The van der Waals surface area contributed by atoms with Gasteiger partial charge in [-0.1, -0.05) is 0 Å². The van der Waals surface area contributed by atoms with Gasteiger partial charge in [0.25, 0.3) is 5.91 Å². The minimum atomic E-state index is -1.09. The van der Waals surface area contributed by atoms with Crippen LogP contribution in [0.1, 0.15) is 68.6 Å². The van der Waals surface area contributed by atoms with Crippen LogP contribution < -0.4 is 5.32 Å². The normalized spacial score (nSPS) is 12.9. The minimum absolute atomic E-state index is 0.00910. The number of hydrogen-bond donors (Lipinski definition) is 1. The largest absolute Gasteiger partial charge is 0.460 e. The predicted octanol–water partition coefficient (Wildman–Crippen LogP) is 4.33. The van der Waals surface area contributed by atoms with Crippen LogP contribution in [0.25, 0.3) is 11.1 Å². The Balaban J connectivity index is 1.97. The van der Waals surface area contributed by atoms with Crippen LogP contribution in [0.3, 0.4) is 0 Å². The first-order valence-corrected chi connectivity index (χ1v) is 9.61. The summed E-state index contributed by atoms with van der Waals surface area (Å²) >= 11 is 0. The Hall–Kier alpha value is -3.09. The Morgan fingerprint density at radius 2 is 1.83 bits per heavy atom. The molecule has 0 fully saturated rings. The monoisotopic (exact) mass is 397 g/mol. The number of furan rings is 1. The van der Waals surface area contributed by atoms with Crippen molar-refractivity contribution in [3.05, 3.63) is 53.7 Å². The minimum Gasteiger partial charge on any atom is -0.460 e. The highest BCUT2D eigenvalue weighted by Crippen LogP contribution is 2.29. The number of rotatable bonds is 5. The first-order valence-electron chi connectivity index (χ1n) is 9.61. The maximum absolute atomic E-state index is 13.1. The van der Waals surface area contributed by atoms with Gasteiger partial charge in [0, 0.05) is 41.7 Å². The number of fused-ring (bicyclic) bond motifs is 1. The van der Waals surface area contributed by atoms with Gasteiger partial charge < -0.3 is 19.0 Å². The summed E-state index contributed by atoms with van der Waals surface area (Å²) in [6, 6.07) is 6.89. The van der Waals surface area contributed by atoms with Crippen molar-refractivity contribution in [2.24, 2.45) is 0 Å². The quantitative estimate of drug-likeness (QED) is 0.648. The van der Waals surface area contributed by atoms with Crippen LogP contribution in [0.2, 0.25) is 0 Å². The molecule has 1 atom stereocenters. The van der Waals surface area contributed by atoms with Gasteiger partial charge in [-0.2, -0.15) is 0 Å². The average molecular weight is 397 g/mol. The van der Waals surface area contributed by atoms with E-state index in [1.807, 2.05) is 52.2 Å². The summed E-state index contributed by atoms with van der Waals surface area (Å²) in [7, 11) is 0. The third-order valence-corrected chi connectivity index (χ3v) is 4.35. The van der Waals surface area contributed by atoms with Crippen LogP contribution in [-0.4, -0.2) is 27.0 Å². The van der Waals surface area contributed by atoms with Gasteiger partial charge in [-0.3, -0.25) is 9.78 Å². The third-order valence-electron chi connectivity index (χ3n) is 4.35. The molecule has 1 unspecified atom stereocenters. The van der Waals surface area contributed by atoms with Gasteiger partial charge >= 0.3 is 5.97 Å². The van der Waals surface area contributed by atoms with Crippen molar-refractivity contribution in [3.8, 4) is 0 Å². The van der Waals surface area contributed by atoms with E-state index in [4.69, 9.17) is 9.15 Å². The van der Waals surface area contributed by atoms with Crippen molar-refractivity contribution >= 4 is 23.0 Å². The summed E-state index contributed by atoms with van der Waals surface area (Å²) in [5, 5.41) is 2.88. The number of ether oxygens (including phenoxy) is 1. The van der Waals surface area contributed by atoms with Gasteiger partial charge in [-0.05, 0) is 53.7 Å². The molecule has 3 rings (SSSR count). The summed E-state index contributed by atoms with van der Waals surface area (Å²) in [5.41, 5.74) is 1.87. The fourth-order valence-electron chi connectivity index (χ4n) is 3.26. The van der Waals surface area contributed by atoms with Gasteiger partial charge in [0.05, 0.1) is 5.52 Å². The van der Waals surface area contributed by atoms with Gasteiger partial charge in [0.1, 0.15) is 11.5 Å². The highest BCUT2D eigenvalue weighted by Gasteiger charge is 2.30. The Morgan fingerprint density at radius 1 is 1.17 bits per heavy atom. The average Bonchev–Trinajstić information content (AvgIpc) is 3.14. The molecule has 0 radical (unpaired) electrons. The summed E-state index contributed by atoms with van der Waals surface area (Å²) in [5.74, 6) is -0.212. The molecule has 3 aromatic rings. The Morgan fingerprint density at radius 3 is 2.41 bits per heavy atom. The van der Waals surface area contributed by atoms with E-state index in [2.05, 4.69) is 10.3 Å². The molecule has 154 valence electrons. The van der Waals surface area contributed by atoms with Crippen LogP contribution in [-0.2, 0) is 9.53 Å². The van der Waals surface area contributed by atoms with E-state index in [1.165, 1.54) is 0 Å². The maximum Gasteiger partial charge on any atom is 0.356 e. The Bertz CT molecular complexity index is 1030. The van der Waals surface area contributed by atoms with Crippen molar-refractivity contribution in [2.75, 3.05) is 0 Å². The highest BCUT2D eigenvalue weighted by molar-refractivity contribution is 5.96. The van der Waals surface area contributed by atoms with E-state index in [9.17, 15) is 9.59 Å². The predicted molar refractivity (Wildman–Crippen MR) is 110 cm³/mol. The van der Waals surface area contributed by atoms with Gasteiger partial charge in [-0.15, -0.1) is 0 Å². The van der Waals surface area contributed by atoms with E-state index >= 15 is 0 Å². The molecule has 1 N–H and O–H groups in total. The molecule has 0 aliphatic heterocycles. The lowest BCUT2D eigenvalue weighted by molar-refractivity contribution is -0.131. The number of carbonyl (C=O) groups excluding carboxylic acids is 2. The van der Waals surface area contributed by atoms with Gasteiger partial charge in [0.15, 0.2) is 5.58 Å². The molecule has 0 saturated heterocycles. The van der Waals surface area contributed by atoms with Crippen molar-refractivity contribution in [1.82, 2.24) is 14.9 Å². The maximum atomic E-state index is 13.1. The van der Waals surface area contributed by atoms with Crippen molar-refractivity contribution in [1.29, 1.82) is 0 Å². The fraction of sp³-hybridized carbons (Fsp3) is 0.409. The molecule has 0 aliphatic carbocycles. The smallest absolute Gasteiger partial charge is 0.356 e. The molecule has 7 heteroatoms. The lowest BCUT2D eigenvalue weighted by Gasteiger charge is -2.25. The first kappa shape index (κ1) is 20.6. The zero-order valence-corrected chi connectivity index (χ0v) is 17.6. The molecule has 0 bridgehead atoms. The van der Waals surface area contributed by atoms with Crippen LogP contribution in [0.4, 0.5) is 0 Å². The molecular formula is C22H27N3O4. The molecular weight excluding hydrogens is 370 g/mol. The molecule has 0 saturated carbocycles. The lowest BCUT2D eigenvalue weighted by Crippen LogP contribution is -2.44. The topological polar surface area (TPSA) is 86.4 Å². The molecule has 0 spiro atoms. The molecule has 7 nitrogen and oxygen atoms in total.